The minimum absolute atomic E-state index is 0.916. The fourth-order valence-electron chi connectivity index (χ4n) is 1.56. The Bertz CT molecular complexity index is 462. The van der Waals surface area contributed by atoms with Crippen LogP contribution in [0, 0.1) is 0 Å². The Morgan fingerprint density at radius 1 is 1.40 bits per heavy atom. The smallest absolute Gasteiger partial charge is 0.0824 e. The molecule has 1 aromatic heterocycles. The molecular weight excluding hydrogens is 254 g/mol. The Balaban J connectivity index is 2.35. The molecule has 1 aromatic carbocycles. The maximum Gasteiger partial charge on any atom is 0.0824 e. The molecule has 0 radical (unpaired) electrons. The summed E-state index contributed by atoms with van der Waals surface area (Å²) in [5, 5.41) is 5.57. The van der Waals surface area contributed by atoms with Crippen molar-refractivity contribution in [1.29, 1.82) is 0 Å². The Morgan fingerprint density at radius 2 is 2.20 bits per heavy atom. The Morgan fingerprint density at radius 3 is 2.93 bits per heavy atom. The fraction of sp³-hybridized carbons (Fsp3) is 0.364. The van der Waals surface area contributed by atoms with Gasteiger partial charge in [-0.25, -0.2) is 0 Å². The van der Waals surface area contributed by atoms with E-state index < -0.39 is 0 Å². The summed E-state index contributed by atoms with van der Waals surface area (Å²) in [7, 11) is 4.14. The standard InChI is InChI=1S/C11H14BrN3/c1-14(2)6-7-15-11-9(8-13-15)4-3-5-10(11)12/h3-5,8H,6-7H2,1-2H3. The van der Waals surface area contributed by atoms with Gasteiger partial charge in [-0.05, 0) is 36.1 Å². The predicted molar refractivity (Wildman–Crippen MR) is 66.0 cm³/mol. The molecule has 15 heavy (non-hydrogen) atoms. The third-order valence-corrected chi connectivity index (χ3v) is 3.01. The predicted octanol–water partition coefficient (Wildman–Crippen LogP) is 2.36. The highest BCUT2D eigenvalue weighted by Crippen LogP contribution is 2.23. The van der Waals surface area contributed by atoms with Crippen molar-refractivity contribution in [2.45, 2.75) is 6.54 Å². The average Bonchev–Trinajstić information content (AvgIpc) is 2.59. The zero-order valence-electron chi connectivity index (χ0n) is 8.94. The van der Waals surface area contributed by atoms with Gasteiger partial charge >= 0.3 is 0 Å². The van der Waals surface area contributed by atoms with Gasteiger partial charge in [-0.3, -0.25) is 4.68 Å². The second-order valence-electron chi connectivity index (χ2n) is 3.85. The maximum absolute atomic E-state index is 4.39. The first-order chi connectivity index (χ1) is 7.18. The Kier molecular flexibility index (Phi) is 3.07. The zero-order chi connectivity index (χ0) is 10.8. The lowest BCUT2D eigenvalue weighted by Gasteiger charge is -2.10. The van der Waals surface area contributed by atoms with Crippen LogP contribution < -0.4 is 0 Å². The van der Waals surface area contributed by atoms with Gasteiger partial charge in [-0.2, -0.15) is 5.10 Å². The van der Waals surface area contributed by atoms with E-state index in [1.54, 1.807) is 0 Å². The van der Waals surface area contributed by atoms with Crippen LogP contribution in [0.15, 0.2) is 28.9 Å². The highest BCUT2D eigenvalue weighted by molar-refractivity contribution is 9.10. The summed E-state index contributed by atoms with van der Waals surface area (Å²) in [5.41, 5.74) is 1.18. The average molecular weight is 268 g/mol. The zero-order valence-corrected chi connectivity index (χ0v) is 10.5. The lowest BCUT2D eigenvalue weighted by molar-refractivity contribution is 0.377. The monoisotopic (exact) mass is 267 g/mol. The van der Waals surface area contributed by atoms with Crippen molar-refractivity contribution in [3.63, 3.8) is 0 Å². The first-order valence-electron chi connectivity index (χ1n) is 4.93. The third kappa shape index (κ3) is 2.21. The molecule has 0 amide bonds. The van der Waals surface area contributed by atoms with Crippen LogP contribution in [0.25, 0.3) is 10.9 Å². The van der Waals surface area contributed by atoms with Gasteiger partial charge in [0.05, 0.1) is 18.3 Å². The summed E-state index contributed by atoms with van der Waals surface area (Å²) in [4.78, 5) is 2.16. The summed E-state index contributed by atoms with van der Waals surface area (Å²) in [6, 6.07) is 6.17. The van der Waals surface area contributed by atoms with Crippen LogP contribution in [0.5, 0.6) is 0 Å². The molecule has 4 heteroatoms. The molecule has 0 bridgehead atoms. The molecule has 0 saturated heterocycles. The van der Waals surface area contributed by atoms with Crippen LogP contribution in [-0.2, 0) is 6.54 Å². The number of para-hydroxylation sites is 1. The summed E-state index contributed by atoms with van der Waals surface area (Å²) in [6.45, 7) is 1.91. The number of hydrogen-bond donors (Lipinski definition) is 0. The van der Waals surface area contributed by atoms with Gasteiger partial charge in [0.15, 0.2) is 0 Å². The maximum atomic E-state index is 4.39. The Labute approximate surface area is 97.8 Å². The van der Waals surface area contributed by atoms with Gasteiger partial charge in [0.2, 0.25) is 0 Å². The van der Waals surface area contributed by atoms with Crippen molar-refractivity contribution in [2.75, 3.05) is 20.6 Å². The van der Waals surface area contributed by atoms with Gasteiger partial charge < -0.3 is 4.90 Å². The summed E-state index contributed by atoms with van der Waals surface area (Å²) < 4.78 is 3.15. The van der Waals surface area contributed by atoms with Crippen LogP contribution in [0.2, 0.25) is 0 Å². The van der Waals surface area contributed by atoms with Crippen molar-refractivity contribution in [3.8, 4) is 0 Å². The topological polar surface area (TPSA) is 21.1 Å². The van der Waals surface area contributed by atoms with Gasteiger partial charge in [0.1, 0.15) is 0 Å². The first kappa shape index (κ1) is 10.6. The molecular formula is C11H14BrN3. The number of likely N-dealkylation sites (N-methyl/N-ethyl adjacent to an activating group) is 1. The highest BCUT2D eigenvalue weighted by atomic mass is 79.9. The third-order valence-electron chi connectivity index (χ3n) is 2.37. The Hall–Kier alpha value is -0.870. The van der Waals surface area contributed by atoms with Crippen molar-refractivity contribution >= 4 is 26.8 Å². The highest BCUT2D eigenvalue weighted by Gasteiger charge is 2.05. The molecule has 0 saturated carbocycles. The van der Waals surface area contributed by atoms with Crippen molar-refractivity contribution in [1.82, 2.24) is 14.7 Å². The molecule has 0 aliphatic carbocycles. The number of fused-ring (bicyclic) bond motifs is 1. The molecule has 1 heterocycles. The molecule has 0 aliphatic heterocycles. The summed E-state index contributed by atoms with van der Waals surface area (Å²) in [6.07, 6.45) is 1.91. The number of nitrogens with zero attached hydrogens (tertiary/aromatic N) is 3. The van der Waals surface area contributed by atoms with Crippen LogP contribution in [-0.4, -0.2) is 35.3 Å². The van der Waals surface area contributed by atoms with E-state index in [2.05, 4.69) is 52.2 Å². The quantitative estimate of drug-likeness (QED) is 0.852. The molecule has 0 aliphatic rings. The molecule has 0 fully saturated rings. The summed E-state index contributed by atoms with van der Waals surface area (Å²) in [5.74, 6) is 0. The van der Waals surface area contributed by atoms with Crippen LogP contribution >= 0.6 is 15.9 Å². The molecule has 0 unspecified atom stereocenters. The molecule has 2 rings (SSSR count). The van der Waals surface area contributed by atoms with Crippen LogP contribution in [0.3, 0.4) is 0 Å². The second kappa shape index (κ2) is 4.33. The van der Waals surface area contributed by atoms with E-state index in [-0.39, 0.29) is 0 Å². The van der Waals surface area contributed by atoms with E-state index in [1.165, 1.54) is 10.9 Å². The molecule has 3 nitrogen and oxygen atoms in total. The minimum Gasteiger partial charge on any atom is -0.308 e. The van der Waals surface area contributed by atoms with E-state index in [9.17, 15) is 0 Å². The molecule has 0 N–H and O–H groups in total. The SMILES string of the molecule is CN(C)CCn1ncc2cccc(Br)c21. The van der Waals surface area contributed by atoms with Crippen LogP contribution in [0.1, 0.15) is 0 Å². The molecule has 0 atom stereocenters. The van der Waals surface area contributed by atoms with Crippen molar-refractivity contribution in [2.24, 2.45) is 0 Å². The minimum atomic E-state index is 0.916. The lowest BCUT2D eigenvalue weighted by Crippen LogP contribution is -2.18. The van der Waals surface area contributed by atoms with E-state index in [4.69, 9.17) is 0 Å². The molecule has 0 spiro atoms. The van der Waals surface area contributed by atoms with E-state index >= 15 is 0 Å². The molecule has 80 valence electrons. The fourth-order valence-corrected chi connectivity index (χ4v) is 2.15. The van der Waals surface area contributed by atoms with Gasteiger partial charge in [0, 0.05) is 16.4 Å². The number of halogens is 1. The van der Waals surface area contributed by atoms with Crippen molar-refractivity contribution in [3.05, 3.63) is 28.9 Å². The van der Waals surface area contributed by atoms with E-state index in [0.717, 1.165) is 17.6 Å². The lowest BCUT2D eigenvalue weighted by atomic mass is 10.2. The summed E-state index contributed by atoms with van der Waals surface area (Å²) >= 11 is 3.56. The second-order valence-corrected chi connectivity index (χ2v) is 4.70. The number of hydrogen-bond acceptors (Lipinski definition) is 2. The van der Waals surface area contributed by atoms with Gasteiger partial charge in [0.25, 0.3) is 0 Å². The molecule has 2 aromatic rings. The number of rotatable bonds is 3. The first-order valence-corrected chi connectivity index (χ1v) is 5.72. The van der Waals surface area contributed by atoms with E-state index in [1.807, 2.05) is 16.9 Å². The van der Waals surface area contributed by atoms with E-state index in [0.29, 0.717) is 0 Å². The van der Waals surface area contributed by atoms with Crippen molar-refractivity contribution < 1.29 is 0 Å². The van der Waals surface area contributed by atoms with Gasteiger partial charge in [-0.15, -0.1) is 0 Å². The van der Waals surface area contributed by atoms with Gasteiger partial charge in [-0.1, -0.05) is 12.1 Å². The largest absolute Gasteiger partial charge is 0.308 e. The number of benzene rings is 1. The van der Waals surface area contributed by atoms with Crippen LogP contribution in [0.4, 0.5) is 0 Å². The number of aromatic nitrogens is 2. The normalized spacial score (nSPS) is 11.5.